The summed E-state index contributed by atoms with van der Waals surface area (Å²) in [4.78, 5) is 0.530. The predicted octanol–water partition coefficient (Wildman–Crippen LogP) is 2.38. The molecule has 62 valence electrons. The molecule has 0 amide bonds. The maximum atomic E-state index is 5.34. The highest BCUT2D eigenvalue weighted by Gasteiger charge is 1.83. The van der Waals surface area contributed by atoms with Gasteiger partial charge in [-0.2, -0.15) is 0 Å². The maximum absolute atomic E-state index is 5.34. The zero-order valence-corrected chi connectivity index (χ0v) is 7.55. The average molecular weight is 177 g/mol. The Morgan fingerprint density at radius 2 is 2.00 bits per heavy atom. The van der Waals surface area contributed by atoms with E-state index in [1.807, 2.05) is 42.5 Å². The van der Waals surface area contributed by atoms with Crippen LogP contribution in [0.3, 0.4) is 0 Å². The first-order valence-corrected chi connectivity index (χ1v) is 4.20. The molecule has 1 aromatic carbocycles. The van der Waals surface area contributed by atoms with Gasteiger partial charge in [-0.25, -0.2) is 0 Å². The van der Waals surface area contributed by atoms with Crippen molar-refractivity contribution in [2.45, 2.75) is 6.42 Å². The second-order valence-electron chi connectivity index (χ2n) is 2.48. The van der Waals surface area contributed by atoms with Gasteiger partial charge in [-0.05, 0) is 5.56 Å². The molecule has 1 nitrogen and oxygen atoms in total. The highest BCUT2D eigenvalue weighted by Crippen LogP contribution is 2.01. The third-order valence-electron chi connectivity index (χ3n) is 1.43. The van der Waals surface area contributed by atoms with E-state index in [4.69, 9.17) is 18.0 Å². The number of rotatable bonds is 3. The van der Waals surface area contributed by atoms with E-state index >= 15 is 0 Å². The molecule has 0 heterocycles. The fourth-order valence-corrected chi connectivity index (χ4v) is 0.972. The molecule has 0 bridgehead atoms. The Labute approximate surface area is 77.9 Å². The summed E-state index contributed by atoms with van der Waals surface area (Å²) in [5.74, 6) is 0. The minimum absolute atomic E-state index is 0.530. The van der Waals surface area contributed by atoms with Gasteiger partial charge in [0.1, 0.15) is 0 Å². The van der Waals surface area contributed by atoms with Crippen molar-refractivity contribution in [2.75, 3.05) is 0 Å². The average Bonchev–Trinajstić information content (AvgIpc) is 2.05. The topological polar surface area (TPSA) is 26.0 Å². The van der Waals surface area contributed by atoms with Crippen LogP contribution in [0.25, 0.3) is 6.08 Å². The van der Waals surface area contributed by atoms with Crippen molar-refractivity contribution in [2.24, 2.45) is 5.73 Å². The van der Waals surface area contributed by atoms with Crippen molar-refractivity contribution < 1.29 is 0 Å². The molecule has 0 aromatic heterocycles. The molecule has 0 fully saturated rings. The van der Waals surface area contributed by atoms with Gasteiger partial charge in [0.25, 0.3) is 0 Å². The van der Waals surface area contributed by atoms with E-state index in [1.165, 1.54) is 5.56 Å². The number of hydrogen-bond acceptors (Lipinski definition) is 1. The van der Waals surface area contributed by atoms with Gasteiger partial charge in [0.2, 0.25) is 0 Å². The highest BCUT2D eigenvalue weighted by atomic mass is 32.1. The molecular formula is C10H11NS. The zero-order chi connectivity index (χ0) is 8.81. The number of benzene rings is 1. The molecule has 0 aliphatic heterocycles. The van der Waals surface area contributed by atoms with E-state index < -0.39 is 0 Å². The monoisotopic (exact) mass is 177 g/mol. The molecule has 0 atom stereocenters. The van der Waals surface area contributed by atoms with Crippen LogP contribution >= 0.6 is 12.2 Å². The molecule has 1 rings (SSSR count). The summed E-state index contributed by atoms with van der Waals surface area (Å²) in [7, 11) is 0. The molecule has 0 radical (unpaired) electrons. The van der Waals surface area contributed by atoms with Crippen molar-refractivity contribution >= 4 is 23.3 Å². The van der Waals surface area contributed by atoms with Crippen molar-refractivity contribution in [1.29, 1.82) is 0 Å². The molecule has 2 N–H and O–H groups in total. The molecular weight excluding hydrogens is 166 g/mol. The lowest BCUT2D eigenvalue weighted by Crippen LogP contribution is -2.04. The van der Waals surface area contributed by atoms with E-state index in [2.05, 4.69) is 0 Å². The van der Waals surface area contributed by atoms with Crippen LogP contribution in [-0.4, -0.2) is 4.99 Å². The summed E-state index contributed by atoms with van der Waals surface area (Å²) in [5.41, 5.74) is 6.51. The maximum Gasteiger partial charge on any atom is 0.0765 e. The predicted molar refractivity (Wildman–Crippen MR) is 56.9 cm³/mol. The standard InChI is InChI=1S/C10H11NS/c11-10(12)8-4-7-9-5-2-1-3-6-9/h1-7H,8H2,(H2,11,12). The van der Waals surface area contributed by atoms with Crippen LogP contribution in [0.4, 0.5) is 0 Å². The molecule has 12 heavy (non-hydrogen) atoms. The first kappa shape index (κ1) is 8.94. The summed E-state index contributed by atoms with van der Waals surface area (Å²) < 4.78 is 0. The molecule has 1 aromatic rings. The fraction of sp³-hybridized carbons (Fsp3) is 0.100. The van der Waals surface area contributed by atoms with Gasteiger partial charge in [0.05, 0.1) is 4.99 Å². The summed E-state index contributed by atoms with van der Waals surface area (Å²) >= 11 is 4.74. The van der Waals surface area contributed by atoms with Crippen molar-refractivity contribution in [1.82, 2.24) is 0 Å². The van der Waals surface area contributed by atoms with Gasteiger partial charge < -0.3 is 5.73 Å². The van der Waals surface area contributed by atoms with Gasteiger partial charge in [-0.1, -0.05) is 54.7 Å². The van der Waals surface area contributed by atoms with Gasteiger partial charge in [0.15, 0.2) is 0 Å². The third kappa shape index (κ3) is 3.30. The van der Waals surface area contributed by atoms with Crippen molar-refractivity contribution in [3.05, 3.63) is 42.0 Å². The second kappa shape index (κ2) is 4.67. The van der Waals surface area contributed by atoms with Gasteiger partial charge in [0, 0.05) is 6.42 Å². The van der Waals surface area contributed by atoms with Gasteiger partial charge in [-0.3, -0.25) is 0 Å². The number of thiocarbonyl (C=S) groups is 1. The van der Waals surface area contributed by atoms with Crippen LogP contribution in [0.1, 0.15) is 12.0 Å². The molecule has 0 saturated carbocycles. The summed E-state index contributed by atoms with van der Waals surface area (Å²) in [6.07, 6.45) is 4.65. The highest BCUT2D eigenvalue weighted by molar-refractivity contribution is 7.80. The molecule has 0 aliphatic carbocycles. The van der Waals surface area contributed by atoms with Crippen LogP contribution in [0.15, 0.2) is 36.4 Å². The first-order valence-electron chi connectivity index (χ1n) is 3.79. The lowest BCUT2D eigenvalue weighted by atomic mass is 10.2. The Balaban J connectivity index is 2.52. The number of hydrogen-bond donors (Lipinski definition) is 1. The molecule has 0 saturated heterocycles. The Hall–Kier alpha value is -1.15. The smallest absolute Gasteiger partial charge is 0.0765 e. The minimum atomic E-state index is 0.530. The zero-order valence-electron chi connectivity index (χ0n) is 6.73. The largest absolute Gasteiger partial charge is 0.393 e. The van der Waals surface area contributed by atoms with Crippen molar-refractivity contribution in [3.8, 4) is 0 Å². The van der Waals surface area contributed by atoms with Crippen LogP contribution < -0.4 is 5.73 Å². The van der Waals surface area contributed by atoms with E-state index in [0.29, 0.717) is 11.4 Å². The van der Waals surface area contributed by atoms with Gasteiger partial charge in [-0.15, -0.1) is 0 Å². The Kier molecular flexibility index (Phi) is 3.48. The lowest BCUT2D eigenvalue weighted by molar-refractivity contribution is 1.48. The second-order valence-corrected chi connectivity index (χ2v) is 3.01. The van der Waals surface area contributed by atoms with Crippen LogP contribution in [0.2, 0.25) is 0 Å². The van der Waals surface area contributed by atoms with Crippen LogP contribution in [-0.2, 0) is 0 Å². The molecule has 0 aliphatic rings. The van der Waals surface area contributed by atoms with Crippen LogP contribution in [0.5, 0.6) is 0 Å². The fourth-order valence-electron chi connectivity index (χ4n) is 0.875. The van der Waals surface area contributed by atoms with Crippen molar-refractivity contribution in [3.63, 3.8) is 0 Å². The van der Waals surface area contributed by atoms with Gasteiger partial charge >= 0.3 is 0 Å². The normalized spacial score (nSPS) is 10.3. The Morgan fingerprint density at radius 1 is 1.33 bits per heavy atom. The number of nitrogens with two attached hydrogens (primary N) is 1. The lowest BCUT2D eigenvalue weighted by Gasteiger charge is -1.90. The van der Waals surface area contributed by atoms with E-state index in [0.717, 1.165) is 0 Å². The molecule has 2 heteroatoms. The first-order chi connectivity index (χ1) is 5.79. The summed E-state index contributed by atoms with van der Waals surface area (Å²) in [6.45, 7) is 0. The quantitative estimate of drug-likeness (QED) is 0.717. The summed E-state index contributed by atoms with van der Waals surface area (Å²) in [5, 5.41) is 0. The molecule has 0 unspecified atom stereocenters. The SMILES string of the molecule is NC(=S)CC=Cc1ccccc1. The third-order valence-corrected chi connectivity index (χ3v) is 1.60. The van der Waals surface area contributed by atoms with E-state index in [1.54, 1.807) is 0 Å². The van der Waals surface area contributed by atoms with E-state index in [-0.39, 0.29) is 0 Å². The minimum Gasteiger partial charge on any atom is -0.393 e. The Bertz CT molecular complexity index is 277. The van der Waals surface area contributed by atoms with Crippen LogP contribution in [0, 0.1) is 0 Å². The van der Waals surface area contributed by atoms with E-state index in [9.17, 15) is 0 Å². The summed E-state index contributed by atoms with van der Waals surface area (Å²) in [6, 6.07) is 10.1. The molecule has 0 spiro atoms. The Morgan fingerprint density at radius 3 is 2.58 bits per heavy atom.